The molecule has 0 radical (unpaired) electrons. The standard InChI is InChI=1S/C21H21ClFNO2/c1-14(25)11-24-12-19-18-5-3-2-4-15(18)7-9-21(19)26-13-16-6-8-17(23)10-20(16)22/h2-10,14,24-25H,11-13H2,1H3/t14-/m1/s1. The number of nitrogens with one attached hydrogen (secondary N) is 1. The van der Waals surface area contributed by atoms with Gasteiger partial charge in [-0.3, -0.25) is 0 Å². The highest BCUT2D eigenvalue weighted by molar-refractivity contribution is 6.31. The molecule has 3 aromatic carbocycles. The molecule has 2 N–H and O–H groups in total. The molecule has 3 rings (SSSR count). The quantitative estimate of drug-likeness (QED) is 0.631. The predicted octanol–water partition coefficient (Wildman–Crippen LogP) is 4.68. The smallest absolute Gasteiger partial charge is 0.124 e. The van der Waals surface area contributed by atoms with Crippen molar-refractivity contribution in [2.24, 2.45) is 0 Å². The van der Waals surface area contributed by atoms with Crippen LogP contribution in [0, 0.1) is 5.82 Å². The molecule has 136 valence electrons. The van der Waals surface area contributed by atoms with E-state index in [1.54, 1.807) is 13.0 Å². The van der Waals surface area contributed by atoms with Gasteiger partial charge in [0.2, 0.25) is 0 Å². The van der Waals surface area contributed by atoms with Gasteiger partial charge in [-0.05, 0) is 35.9 Å². The van der Waals surface area contributed by atoms with Crippen LogP contribution in [0.5, 0.6) is 5.75 Å². The van der Waals surface area contributed by atoms with Crippen molar-refractivity contribution in [2.45, 2.75) is 26.2 Å². The zero-order chi connectivity index (χ0) is 18.5. The van der Waals surface area contributed by atoms with Crippen molar-refractivity contribution in [1.82, 2.24) is 5.32 Å². The highest BCUT2D eigenvalue weighted by Gasteiger charge is 2.11. The van der Waals surface area contributed by atoms with Crippen molar-refractivity contribution >= 4 is 22.4 Å². The minimum Gasteiger partial charge on any atom is -0.488 e. The van der Waals surface area contributed by atoms with Gasteiger partial charge >= 0.3 is 0 Å². The van der Waals surface area contributed by atoms with E-state index in [2.05, 4.69) is 5.32 Å². The number of aliphatic hydroxyl groups excluding tert-OH is 1. The Balaban J connectivity index is 1.86. The third-order valence-corrected chi connectivity index (χ3v) is 4.49. The van der Waals surface area contributed by atoms with Gasteiger partial charge in [0, 0.05) is 24.2 Å². The summed E-state index contributed by atoms with van der Waals surface area (Å²) in [6.45, 7) is 3.05. The molecule has 0 aliphatic carbocycles. The summed E-state index contributed by atoms with van der Waals surface area (Å²) in [4.78, 5) is 0. The molecule has 0 heterocycles. The Kier molecular flexibility index (Phi) is 6.09. The van der Waals surface area contributed by atoms with Crippen molar-refractivity contribution in [1.29, 1.82) is 0 Å². The Morgan fingerprint density at radius 3 is 2.73 bits per heavy atom. The number of hydrogen-bond donors (Lipinski definition) is 2. The van der Waals surface area contributed by atoms with E-state index in [1.807, 2.05) is 36.4 Å². The summed E-state index contributed by atoms with van der Waals surface area (Å²) in [6.07, 6.45) is -0.424. The fourth-order valence-electron chi connectivity index (χ4n) is 2.83. The van der Waals surface area contributed by atoms with Crippen LogP contribution in [-0.4, -0.2) is 17.8 Å². The van der Waals surface area contributed by atoms with Crippen LogP contribution in [0.4, 0.5) is 4.39 Å². The minimum absolute atomic E-state index is 0.251. The molecular weight excluding hydrogens is 353 g/mol. The maximum Gasteiger partial charge on any atom is 0.124 e. The molecule has 26 heavy (non-hydrogen) atoms. The zero-order valence-corrected chi connectivity index (χ0v) is 15.3. The first kappa shape index (κ1) is 18.6. The maximum atomic E-state index is 13.2. The molecule has 3 nitrogen and oxygen atoms in total. The molecular formula is C21H21ClFNO2. The summed E-state index contributed by atoms with van der Waals surface area (Å²) in [5, 5.41) is 15.3. The van der Waals surface area contributed by atoms with E-state index in [0.717, 1.165) is 27.6 Å². The van der Waals surface area contributed by atoms with Gasteiger partial charge < -0.3 is 15.2 Å². The highest BCUT2D eigenvalue weighted by Crippen LogP contribution is 2.29. The van der Waals surface area contributed by atoms with Crippen molar-refractivity contribution in [2.75, 3.05) is 6.54 Å². The molecule has 0 amide bonds. The molecule has 1 atom stereocenters. The molecule has 0 aliphatic rings. The van der Waals surface area contributed by atoms with Crippen LogP contribution in [0.3, 0.4) is 0 Å². The lowest BCUT2D eigenvalue weighted by Crippen LogP contribution is -2.24. The monoisotopic (exact) mass is 373 g/mol. The summed E-state index contributed by atoms with van der Waals surface area (Å²) in [6, 6.07) is 16.3. The summed E-state index contributed by atoms with van der Waals surface area (Å²) in [5.74, 6) is 0.370. The van der Waals surface area contributed by atoms with Crippen molar-refractivity contribution < 1.29 is 14.2 Å². The lowest BCUT2D eigenvalue weighted by atomic mass is 10.0. The van der Waals surface area contributed by atoms with Gasteiger partial charge in [0.25, 0.3) is 0 Å². The van der Waals surface area contributed by atoms with E-state index < -0.39 is 6.10 Å². The van der Waals surface area contributed by atoms with Gasteiger partial charge in [0.05, 0.1) is 11.1 Å². The third kappa shape index (κ3) is 4.52. The Morgan fingerprint density at radius 2 is 1.96 bits per heavy atom. The zero-order valence-electron chi connectivity index (χ0n) is 14.5. The number of fused-ring (bicyclic) bond motifs is 1. The number of rotatable bonds is 7. The van der Waals surface area contributed by atoms with E-state index in [9.17, 15) is 9.50 Å². The fraction of sp³-hybridized carbons (Fsp3) is 0.238. The average Bonchev–Trinajstić information content (AvgIpc) is 2.61. The van der Waals surface area contributed by atoms with Gasteiger partial charge in [-0.15, -0.1) is 0 Å². The Labute approximate surface area is 157 Å². The van der Waals surface area contributed by atoms with Crippen molar-refractivity contribution in [3.05, 3.63) is 76.6 Å². The van der Waals surface area contributed by atoms with Crippen LogP contribution >= 0.6 is 11.6 Å². The lowest BCUT2D eigenvalue weighted by Gasteiger charge is -2.16. The molecule has 5 heteroatoms. The van der Waals surface area contributed by atoms with Crippen LogP contribution in [-0.2, 0) is 13.2 Å². The topological polar surface area (TPSA) is 41.5 Å². The van der Waals surface area contributed by atoms with Gasteiger partial charge in [-0.1, -0.05) is 48.0 Å². The normalized spacial score (nSPS) is 12.3. The van der Waals surface area contributed by atoms with Crippen LogP contribution < -0.4 is 10.1 Å². The first-order valence-corrected chi connectivity index (χ1v) is 8.88. The third-order valence-electron chi connectivity index (χ3n) is 4.14. The summed E-state index contributed by atoms with van der Waals surface area (Å²) < 4.78 is 19.2. The van der Waals surface area contributed by atoms with Gasteiger partial charge in [0.1, 0.15) is 18.2 Å². The first-order valence-electron chi connectivity index (χ1n) is 8.50. The van der Waals surface area contributed by atoms with E-state index in [0.29, 0.717) is 18.1 Å². The van der Waals surface area contributed by atoms with Crippen LogP contribution in [0.25, 0.3) is 10.8 Å². The van der Waals surface area contributed by atoms with E-state index in [4.69, 9.17) is 16.3 Å². The molecule has 0 unspecified atom stereocenters. The second-order valence-electron chi connectivity index (χ2n) is 6.27. The van der Waals surface area contributed by atoms with Gasteiger partial charge in [-0.25, -0.2) is 4.39 Å². The molecule has 0 aliphatic heterocycles. The molecule has 0 saturated carbocycles. The van der Waals surface area contributed by atoms with Crippen LogP contribution in [0.15, 0.2) is 54.6 Å². The lowest BCUT2D eigenvalue weighted by molar-refractivity contribution is 0.190. The molecule has 0 saturated heterocycles. The first-order chi connectivity index (χ1) is 12.5. The fourth-order valence-corrected chi connectivity index (χ4v) is 3.06. The number of halogens is 2. The second kappa shape index (κ2) is 8.49. The van der Waals surface area contributed by atoms with Gasteiger partial charge in [0.15, 0.2) is 0 Å². The Morgan fingerprint density at radius 1 is 1.15 bits per heavy atom. The number of aliphatic hydroxyl groups is 1. The van der Waals surface area contributed by atoms with E-state index in [1.165, 1.54) is 12.1 Å². The summed E-state index contributed by atoms with van der Waals surface area (Å²) >= 11 is 6.09. The predicted molar refractivity (Wildman–Crippen MR) is 103 cm³/mol. The van der Waals surface area contributed by atoms with E-state index >= 15 is 0 Å². The average molecular weight is 374 g/mol. The Hall–Kier alpha value is -2.14. The molecule has 0 fully saturated rings. The maximum absolute atomic E-state index is 13.2. The molecule has 0 aromatic heterocycles. The molecule has 0 bridgehead atoms. The molecule has 3 aromatic rings. The van der Waals surface area contributed by atoms with Crippen molar-refractivity contribution in [3.8, 4) is 5.75 Å². The van der Waals surface area contributed by atoms with E-state index in [-0.39, 0.29) is 12.4 Å². The van der Waals surface area contributed by atoms with Gasteiger partial charge in [-0.2, -0.15) is 0 Å². The second-order valence-corrected chi connectivity index (χ2v) is 6.67. The summed E-state index contributed by atoms with van der Waals surface area (Å²) in [5.41, 5.74) is 1.74. The minimum atomic E-state index is -0.424. The SMILES string of the molecule is C[C@@H](O)CNCc1c(OCc2ccc(F)cc2Cl)ccc2ccccc12. The van der Waals surface area contributed by atoms with Crippen molar-refractivity contribution in [3.63, 3.8) is 0 Å². The number of hydrogen-bond acceptors (Lipinski definition) is 3. The largest absolute Gasteiger partial charge is 0.488 e. The van der Waals surface area contributed by atoms with Crippen LogP contribution in [0.2, 0.25) is 5.02 Å². The number of ether oxygens (including phenoxy) is 1. The van der Waals surface area contributed by atoms with Crippen LogP contribution in [0.1, 0.15) is 18.1 Å². The molecule has 0 spiro atoms. The number of benzene rings is 3. The Bertz CT molecular complexity index is 898. The summed E-state index contributed by atoms with van der Waals surface area (Å²) in [7, 11) is 0. The highest BCUT2D eigenvalue weighted by atomic mass is 35.5.